The summed E-state index contributed by atoms with van der Waals surface area (Å²) in [6.45, 7) is 0. The summed E-state index contributed by atoms with van der Waals surface area (Å²) in [6, 6.07) is 1.97. The number of halogens is 4. The van der Waals surface area contributed by atoms with E-state index in [1.165, 1.54) is 6.07 Å². The van der Waals surface area contributed by atoms with Crippen LogP contribution >= 0.6 is 0 Å². The summed E-state index contributed by atoms with van der Waals surface area (Å²) in [5, 5.41) is 8.40. The summed E-state index contributed by atoms with van der Waals surface area (Å²) in [4.78, 5) is 10.2. The van der Waals surface area contributed by atoms with Crippen molar-refractivity contribution in [3.05, 3.63) is 34.6 Å². The molecule has 0 bridgehead atoms. The Morgan fingerprint density at radius 2 is 1.93 bits per heavy atom. The highest BCUT2D eigenvalue weighted by Gasteiger charge is 2.34. The average molecular weight is 217 g/mol. The largest absolute Gasteiger partial charge is 0.417 e. The van der Waals surface area contributed by atoms with Crippen molar-refractivity contribution in [2.45, 2.75) is 6.18 Å². The van der Waals surface area contributed by atoms with Crippen LogP contribution < -0.4 is 0 Å². The van der Waals surface area contributed by atoms with E-state index >= 15 is 0 Å². The SMILES string of the molecule is N#Cc1cc(C=O)c(F)cc1C(F)(F)F. The molecule has 6 heteroatoms. The third kappa shape index (κ3) is 2.13. The molecule has 0 aliphatic carbocycles. The average Bonchev–Trinajstić information content (AvgIpc) is 2.16. The Bertz CT molecular complexity index is 445. The van der Waals surface area contributed by atoms with E-state index in [1.54, 1.807) is 0 Å². The Morgan fingerprint density at radius 1 is 1.33 bits per heavy atom. The second kappa shape index (κ2) is 3.69. The molecule has 0 aliphatic heterocycles. The first-order valence-corrected chi connectivity index (χ1v) is 3.66. The molecule has 0 heterocycles. The summed E-state index contributed by atoms with van der Waals surface area (Å²) in [6.07, 6.45) is -4.76. The van der Waals surface area contributed by atoms with Crippen molar-refractivity contribution in [2.75, 3.05) is 0 Å². The number of nitriles is 1. The molecule has 1 aromatic rings. The Labute approximate surface area is 81.7 Å². The maximum absolute atomic E-state index is 12.9. The number of hydrogen-bond acceptors (Lipinski definition) is 2. The van der Waals surface area contributed by atoms with Gasteiger partial charge in [0.05, 0.1) is 22.8 Å². The lowest BCUT2D eigenvalue weighted by Crippen LogP contribution is -2.09. The van der Waals surface area contributed by atoms with Gasteiger partial charge in [-0.3, -0.25) is 4.79 Å². The number of alkyl halides is 3. The minimum atomic E-state index is -4.81. The Kier molecular flexibility index (Phi) is 2.75. The van der Waals surface area contributed by atoms with E-state index in [9.17, 15) is 22.4 Å². The minimum absolute atomic E-state index is 0.0519. The fourth-order valence-corrected chi connectivity index (χ4v) is 1.01. The number of nitrogens with zero attached hydrogens (tertiary/aromatic N) is 1. The van der Waals surface area contributed by atoms with Crippen LogP contribution in [0.4, 0.5) is 17.6 Å². The third-order valence-corrected chi connectivity index (χ3v) is 1.69. The fourth-order valence-electron chi connectivity index (χ4n) is 1.01. The summed E-state index contributed by atoms with van der Waals surface area (Å²) < 4.78 is 49.6. The number of carbonyl (C=O) groups excluding carboxylic acids is 1. The summed E-state index contributed by atoms with van der Waals surface area (Å²) in [7, 11) is 0. The molecule has 1 rings (SSSR count). The van der Waals surface area contributed by atoms with Gasteiger partial charge < -0.3 is 0 Å². The van der Waals surface area contributed by atoms with Crippen LogP contribution in [-0.4, -0.2) is 6.29 Å². The second-order valence-corrected chi connectivity index (χ2v) is 2.65. The van der Waals surface area contributed by atoms with Gasteiger partial charge in [-0.1, -0.05) is 0 Å². The summed E-state index contributed by atoms with van der Waals surface area (Å²) >= 11 is 0. The van der Waals surface area contributed by atoms with E-state index in [1.807, 2.05) is 0 Å². The lowest BCUT2D eigenvalue weighted by Gasteiger charge is -2.09. The summed E-state index contributed by atoms with van der Waals surface area (Å²) in [5.74, 6) is -1.30. The van der Waals surface area contributed by atoms with Crippen molar-refractivity contribution in [3.63, 3.8) is 0 Å². The first-order chi connectivity index (χ1) is 6.90. The van der Waals surface area contributed by atoms with Gasteiger partial charge in [-0.05, 0) is 12.1 Å². The van der Waals surface area contributed by atoms with Crippen LogP contribution in [0.5, 0.6) is 0 Å². The third-order valence-electron chi connectivity index (χ3n) is 1.69. The maximum Gasteiger partial charge on any atom is 0.417 e. The van der Waals surface area contributed by atoms with E-state index in [0.717, 1.165) is 0 Å². The van der Waals surface area contributed by atoms with Crippen LogP contribution in [-0.2, 0) is 6.18 Å². The molecule has 0 aromatic heterocycles. The molecule has 15 heavy (non-hydrogen) atoms. The van der Waals surface area contributed by atoms with E-state index < -0.39 is 28.7 Å². The van der Waals surface area contributed by atoms with Gasteiger partial charge in [0.2, 0.25) is 0 Å². The van der Waals surface area contributed by atoms with Crippen LogP contribution in [0.1, 0.15) is 21.5 Å². The van der Waals surface area contributed by atoms with Crippen molar-refractivity contribution in [1.82, 2.24) is 0 Å². The van der Waals surface area contributed by atoms with Crippen molar-refractivity contribution in [1.29, 1.82) is 5.26 Å². The summed E-state index contributed by atoms with van der Waals surface area (Å²) in [5.41, 5.74) is -2.72. The molecule has 0 N–H and O–H groups in total. The first-order valence-electron chi connectivity index (χ1n) is 3.66. The van der Waals surface area contributed by atoms with Gasteiger partial charge >= 0.3 is 6.18 Å². The van der Waals surface area contributed by atoms with Crippen molar-refractivity contribution in [3.8, 4) is 6.07 Å². The van der Waals surface area contributed by atoms with E-state index in [0.29, 0.717) is 6.07 Å². The van der Waals surface area contributed by atoms with Crippen LogP contribution in [0.3, 0.4) is 0 Å². The van der Waals surface area contributed by atoms with Crippen molar-refractivity contribution < 1.29 is 22.4 Å². The number of aldehydes is 1. The van der Waals surface area contributed by atoms with Crippen LogP contribution in [0.15, 0.2) is 12.1 Å². The standard InChI is InChI=1S/C9H3F4NO/c10-8-2-7(9(11,12)13)5(3-14)1-6(8)4-15/h1-2,4H. The topological polar surface area (TPSA) is 40.9 Å². The molecule has 0 radical (unpaired) electrons. The number of carbonyl (C=O) groups is 1. The second-order valence-electron chi connectivity index (χ2n) is 2.65. The normalized spacial score (nSPS) is 10.9. The van der Waals surface area contributed by atoms with E-state index in [4.69, 9.17) is 5.26 Å². The van der Waals surface area contributed by atoms with Crippen LogP contribution in [0, 0.1) is 17.1 Å². The van der Waals surface area contributed by atoms with Gasteiger partial charge in [0.15, 0.2) is 6.29 Å². The number of benzene rings is 1. The van der Waals surface area contributed by atoms with Gasteiger partial charge in [-0.15, -0.1) is 0 Å². The van der Waals surface area contributed by atoms with Gasteiger partial charge in [-0.25, -0.2) is 4.39 Å². The molecular formula is C9H3F4NO. The highest BCUT2D eigenvalue weighted by molar-refractivity contribution is 5.76. The monoisotopic (exact) mass is 217 g/mol. The molecule has 0 spiro atoms. The van der Waals surface area contributed by atoms with Crippen molar-refractivity contribution >= 4 is 6.29 Å². The Morgan fingerprint density at radius 3 is 2.33 bits per heavy atom. The Balaban J connectivity index is 3.49. The lowest BCUT2D eigenvalue weighted by atomic mass is 10.0. The Hall–Kier alpha value is -1.90. The quantitative estimate of drug-likeness (QED) is 0.535. The molecular weight excluding hydrogens is 214 g/mol. The van der Waals surface area contributed by atoms with E-state index in [-0.39, 0.29) is 12.4 Å². The molecule has 78 valence electrons. The highest BCUT2D eigenvalue weighted by Crippen LogP contribution is 2.32. The van der Waals surface area contributed by atoms with Crippen LogP contribution in [0.2, 0.25) is 0 Å². The lowest BCUT2D eigenvalue weighted by molar-refractivity contribution is -0.138. The molecule has 1 aromatic carbocycles. The molecule has 0 saturated heterocycles. The predicted octanol–water partition coefficient (Wildman–Crippen LogP) is 2.53. The van der Waals surface area contributed by atoms with Crippen molar-refractivity contribution in [2.24, 2.45) is 0 Å². The zero-order valence-corrected chi connectivity index (χ0v) is 7.10. The first kappa shape index (κ1) is 11.2. The molecule has 0 atom stereocenters. The molecule has 0 fully saturated rings. The molecule has 0 aliphatic rings. The van der Waals surface area contributed by atoms with Gasteiger partial charge in [0, 0.05) is 0 Å². The van der Waals surface area contributed by atoms with Gasteiger partial charge in [-0.2, -0.15) is 18.4 Å². The fraction of sp³-hybridized carbons (Fsp3) is 0.111. The zero-order valence-electron chi connectivity index (χ0n) is 7.10. The minimum Gasteiger partial charge on any atom is -0.298 e. The maximum atomic E-state index is 12.9. The van der Waals surface area contributed by atoms with Gasteiger partial charge in [0.25, 0.3) is 0 Å². The van der Waals surface area contributed by atoms with E-state index in [2.05, 4.69) is 0 Å². The number of hydrogen-bond donors (Lipinski definition) is 0. The smallest absolute Gasteiger partial charge is 0.298 e. The molecule has 0 unspecified atom stereocenters. The zero-order chi connectivity index (χ0) is 11.6. The van der Waals surface area contributed by atoms with Gasteiger partial charge in [0.1, 0.15) is 5.82 Å². The molecule has 0 amide bonds. The highest BCUT2D eigenvalue weighted by atomic mass is 19.4. The predicted molar refractivity (Wildman–Crippen MR) is 41.5 cm³/mol. The molecule has 0 saturated carbocycles. The molecule has 2 nitrogen and oxygen atoms in total. The number of rotatable bonds is 1. The van der Waals surface area contributed by atoms with Crippen LogP contribution in [0.25, 0.3) is 0 Å².